The lowest BCUT2D eigenvalue weighted by Gasteiger charge is -2.28. The van der Waals surface area contributed by atoms with Crippen LogP contribution in [-0.4, -0.2) is 9.13 Å². The van der Waals surface area contributed by atoms with Crippen molar-refractivity contribution >= 4 is 122 Å². The number of anilines is 6. The van der Waals surface area contributed by atoms with Crippen LogP contribution in [0.2, 0.25) is 0 Å². The van der Waals surface area contributed by atoms with Gasteiger partial charge in [0.2, 0.25) is 0 Å². The first-order chi connectivity index (χ1) is 59.0. The largest absolute Gasteiger partial charge is 0.456 e. The Balaban J connectivity index is 0.000000140. The van der Waals surface area contributed by atoms with E-state index in [9.17, 15) is 0 Å². The van der Waals surface area contributed by atoms with Gasteiger partial charge in [-0.2, -0.15) is 0 Å². The van der Waals surface area contributed by atoms with Gasteiger partial charge in [0.15, 0.2) is 5.58 Å². The zero-order valence-electron chi connectivity index (χ0n) is 66.9. The van der Waals surface area contributed by atoms with Gasteiger partial charge in [0.25, 0.3) is 0 Å². The van der Waals surface area contributed by atoms with E-state index in [2.05, 4.69) is 441 Å². The quantitative estimate of drug-likeness (QED) is 0.122. The van der Waals surface area contributed by atoms with Gasteiger partial charge in [0.1, 0.15) is 16.7 Å². The van der Waals surface area contributed by atoms with E-state index >= 15 is 0 Å². The molecule has 22 aromatic rings. The minimum Gasteiger partial charge on any atom is -0.456 e. The van der Waals surface area contributed by atoms with Gasteiger partial charge in [0.05, 0.1) is 27.8 Å². The van der Waals surface area contributed by atoms with Gasteiger partial charge in [-0.3, -0.25) is 0 Å². The number of aromatic nitrogens is 2. The fourth-order valence-corrected chi connectivity index (χ4v) is 19.6. The molecule has 0 radical (unpaired) electrons. The summed E-state index contributed by atoms with van der Waals surface area (Å²) < 4.78 is 17.7. The molecule has 0 saturated carbocycles. The van der Waals surface area contributed by atoms with Gasteiger partial charge < -0.3 is 27.8 Å². The van der Waals surface area contributed by atoms with Gasteiger partial charge >= 0.3 is 0 Å². The smallest absolute Gasteiger partial charge is 0.159 e. The SMILES string of the molecule is CC1(C)c2ccccc2-c2ccc(N(c3ccc(-c4ccc5c(c4)c4cc(-c6ccccc6)ccc4n5-c4ccccc4)cc3)c3ccc4oc5ccccc5c4c3)cc21.CC1(C)c2ccccc2-c2ccc(N(c3ccc(-c4ccc5c(c4)c4cc(-c6ccccc6)ccc4n5-c4ccccc4)cc3)c3cccc4c3oc3ccccc34)cc21. The van der Waals surface area contributed by atoms with Crippen molar-refractivity contribution < 1.29 is 8.83 Å². The normalized spacial score (nSPS) is 13.0. The highest BCUT2D eigenvalue weighted by molar-refractivity contribution is 6.15. The lowest BCUT2D eigenvalue weighted by molar-refractivity contribution is 0.660. The molecule has 6 heteroatoms. The third kappa shape index (κ3) is 11.4. The van der Waals surface area contributed by atoms with Crippen molar-refractivity contribution in [2.45, 2.75) is 38.5 Å². The maximum atomic E-state index is 6.69. The summed E-state index contributed by atoms with van der Waals surface area (Å²) in [7, 11) is 0. The van der Waals surface area contributed by atoms with E-state index in [1.165, 1.54) is 127 Å². The zero-order chi connectivity index (χ0) is 79.9. The van der Waals surface area contributed by atoms with Crippen molar-refractivity contribution in [1.29, 1.82) is 0 Å². The van der Waals surface area contributed by atoms with Gasteiger partial charge in [-0.05, 0) is 247 Å². The van der Waals surface area contributed by atoms with Gasteiger partial charge in [-0.15, -0.1) is 0 Å². The Bertz CT molecular complexity index is 7810. The van der Waals surface area contributed by atoms with Crippen LogP contribution in [0.3, 0.4) is 0 Å². The minimum atomic E-state index is -0.132. The highest BCUT2D eigenvalue weighted by atomic mass is 16.3. The summed E-state index contributed by atoms with van der Waals surface area (Å²) in [5.74, 6) is 0. The van der Waals surface area contributed by atoms with Crippen LogP contribution in [0, 0.1) is 0 Å². The summed E-state index contributed by atoms with van der Waals surface area (Å²) in [6, 6.07) is 150. The predicted molar refractivity (Wildman–Crippen MR) is 502 cm³/mol. The third-order valence-electron chi connectivity index (χ3n) is 25.6. The molecule has 24 rings (SSSR count). The molecule has 4 aromatic heterocycles. The van der Waals surface area contributed by atoms with E-state index in [0.717, 1.165) is 94.9 Å². The van der Waals surface area contributed by atoms with Crippen molar-refractivity contribution in [2.75, 3.05) is 9.80 Å². The summed E-state index contributed by atoms with van der Waals surface area (Å²) in [5.41, 5.74) is 37.1. The van der Waals surface area contributed by atoms with Crippen LogP contribution in [-0.2, 0) is 10.8 Å². The molecule has 0 fully saturated rings. The maximum absolute atomic E-state index is 6.69. The van der Waals surface area contributed by atoms with Crippen LogP contribution < -0.4 is 9.80 Å². The van der Waals surface area contributed by atoms with Crippen LogP contribution in [0.1, 0.15) is 49.9 Å². The van der Waals surface area contributed by atoms with Crippen molar-refractivity contribution in [3.63, 3.8) is 0 Å². The molecular formula is C114H80N4O2. The Morgan fingerprint density at radius 3 is 1.02 bits per heavy atom. The average Bonchev–Trinajstić information content (AvgIpc) is 1.58. The lowest BCUT2D eigenvalue weighted by Crippen LogP contribution is -2.16. The number of fused-ring (bicyclic) bond motifs is 18. The first-order valence-electron chi connectivity index (χ1n) is 41.5. The molecule has 568 valence electrons. The van der Waals surface area contributed by atoms with Gasteiger partial charge in [0, 0.05) is 93.7 Å². The number of rotatable bonds is 12. The van der Waals surface area contributed by atoms with Crippen LogP contribution in [0.25, 0.3) is 166 Å². The molecule has 120 heavy (non-hydrogen) atoms. The average molecular weight is 1540 g/mol. The maximum Gasteiger partial charge on any atom is 0.159 e. The van der Waals surface area contributed by atoms with Crippen LogP contribution in [0.15, 0.2) is 421 Å². The first kappa shape index (κ1) is 70.2. The molecule has 0 aliphatic heterocycles. The fourth-order valence-electron chi connectivity index (χ4n) is 19.6. The minimum absolute atomic E-state index is 0.119. The topological polar surface area (TPSA) is 42.6 Å². The number of para-hydroxylation sites is 5. The molecule has 4 heterocycles. The highest BCUT2D eigenvalue weighted by Gasteiger charge is 2.38. The monoisotopic (exact) mass is 1540 g/mol. The molecule has 6 nitrogen and oxygen atoms in total. The molecular weight excluding hydrogens is 1460 g/mol. The zero-order valence-corrected chi connectivity index (χ0v) is 66.9. The van der Waals surface area contributed by atoms with E-state index in [0.29, 0.717) is 0 Å². The van der Waals surface area contributed by atoms with E-state index in [4.69, 9.17) is 8.83 Å². The van der Waals surface area contributed by atoms with Crippen molar-refractivity contribution in [3.8, 4) is 78.1 Å². The Morgan fingerprint density at radius 2 is 0.542 bits per heavy atom. The van der Waals surface area contributed by atoms with Gasteiger partial charge in [-0.25, -0.2) is 0 Å². The third-order valence-corrected chi connectivity index (χ3v) is 25.6. The van der Waals surface area contributed by atoms with E-state index in [-0.39, 0.29) is 10.8 Å². The molecule has 0 saturated heterocycles. The first-order valence-corrected chi connectivity index (χ1v) is 41.5. The molecule has 0 bridgehead atoms. The van der Waals surface area contributed by atoms with Crippen molar-refractivity contribution in [3.05, 3.63) is 435 Å². The second-order valence-corrected chi connectivity index (χ2v) is 33.1. The van der Waals surface area contributed by atoms with E-state index in [1.54, 1.807) is 0 Å². The highest BCUT2D eigenvalue weighted by Crippen LogP contribution is 2.54. The number of hydrogen-bond acceptors (Lipinski definition) is 4. The van der Waals surface area contributed by atoms with Crippen LogP contribution in [0.4, 0.5) is 34.1 Å². The molecule has 2 aliphatic rings. The summed E-state index contributed by atoms with van der Waals surface area (Å²) in [5, 5.41) is 9.40. The van der Waals surface area contributed by atoms with Crippen LogP contribution in [0.5, 0.6) is 0 Å². The molecule has 18 aromatic carbocycles. The van der Waals surface area contributed by atoms with Crippen LogP contribution >= 0.6 is 0 Å². The predicted octanol–water partition coefficient (Wildman–Crippen LogP) is 31.6. The summed E-state index contributed by atoms with van der Waals surface area (Å²) in [4.78, 5) is 4.77. The number of nitrogens with zero attached hydrogens (tertiary/aromatic N) is 4. The van der Waals surface area contributed by atoms with E-state index < -0.39 is 0 Å². The van der Waals surface area contributed by atoms with Crippen molar-refractivity contribution in [2.24, 2.45) is 0 Å². The summed E-state index contributed by atoms with van der Waals surface area (Å²) in [6.45, 7) is 9.38. The Morgan fingerprint density at radius 1 is 0.208 bits per heavy atom. The van der Waals surface area contributed by atoms with E-state index in [1.807, 2.05) is 18.2 Å². The molecule has 0 N–H and O–H groups in total. The Hall–Kier alpha value is -15.2. The Labute approximate surface area is 696 Å². The molecule has 0 unspecified atom stereocenters. The summed E-state index contributed by atoms with van der Waals surface area (Å²) in [6.07, 6.45) is 0. The standard InChI is InChI=1S/2C57H40N2O/c1-57(2)50-21-11-9-18-44(50)45-31-30-43(36-51(45)57)58(54-22-13-20-47-46-19-10-12-23-55(46)60-56(47)54)42-28-24-38(25-29-42)40-27-33-53-49(35-40)48-34-39(37-14-5-3-6-15-37)26-32-52(48)59(53)41-16-7-4-8-17-41;1-57(2)51-19-11-9-17-45(51)46-29-27-44(36-52(46)57)58(43-28-32-56-50(35-43)47-18-10-12-20-55(47)60-56)42-25-21-38(22-26-42)40-24-31-54-49(34-40)48-33-39(37-13-5-3-6-14-37)23-30-53(48)59(54)41-15-7-4-8-16-41/h2*3-36H,1-2H3. The lowest BCUT2D eigenvalue weighted by atomic mass is 9.82. The molecule has 0 atom stereocenters. The molecule has 0 spiro atoms. The van der Waals surface area contributed by atoms with Gasteiger partial charge in [-0.1, -0.05) is 282 Å². The number of hydrogen-bond donors (Lipinski definition) is 0. The Kier molecular flexibility index (Phi) is 16.2. The second-order valence-electron chi connectivity index (χ2n) is 33.1. The second kappa shape index (κ2) is 27.7. The molecule has 0 amide bonds. The van der Waals surface area contributed by atoms with Crippen molar-refractivity contribution in [1.82, 2.24) is 9.13 Å². The molecule has 2 aliphatic carbocycles. The number of benzene rings is 18. The summed E-state index contributed by atoms with van der Waals surface area (Å²) >= 11 is 0. The fraction of sp³-hybridized carbons (Fsp3) is 0.0526. The number of furan rings is 2.